The van der Waals surface area contributed by atoms with Crippen LogP contribution in [0.1, 0.15) is 52.3 Å². The van der Waals surface area contributed by atoms with E-state index in [1.165, 1.54) is 0 Å². The van der Waals surface area contributed by atoms with E-state index in [0.717, 1.165) is 49.9 Å². The van der Waals surface area contributed by atoms with Crippen LogP contribution in [0.25, 0.3) is 0 Å². The molecule has 0 radical (unpaired) electrons. The van der Waals surface area contributed by atoms with Crippen LogP contribution >= 0.6 is 0 Å². The average molecular weight is 251 g/mol. The van der Waals surface area contributed by atoms with Crippen LogP contribution in [0.5, 0.6) is 0 Å². The number of nitrogens with zero attached hydrogens (tertiary/aromatic N) is 3. The highest BCUT2D eigenvalue weighted by atomic mass is 16.3. The van der Waals surface area contributed by atoms with Crippen molar-refractivity contribution in [1.82, 2.24) is 14.8 Å². The second-order valence-electron chi connectivity index (χ2n) is 5.97. The fourth-order valence-corrected chi connectivity index (χ4v) is 3.00. The van der Waals surface area contributed by atoms with E-state index >= 15 is 0 Å². The second-order valence-corrected chi connectivity index (χ2v) is 5.97. The highest BCUT2D eigenvalue weighted by Crippen LogP contribution is 2.37. The molecule has 1 aromatic heterocycles. The average Bonchev–Trinajstić information content (AvgIpc) is 2.76. The SMILES string of the molecule is CCn1ncnc1CC1(O)CCC(C(C)C)CC1. The first kappa shape index (κ1) is 13.5. The second kappa shape index (κ2) is 5.39. The molecule has 4 nitrogen and oxygen atoms in total. The Kier molecular flexibility index (Phi) is 4.05. The Bertz CT molecular complexity index is 378. The quantitative estimate of drug-likeness (QED) is 0.894. The monoisotopic (exact) mass is 251 g/mol. The van der Waals surface area contributed by atoms with Gasteiger partial charge in [0.2, 0.25) is 0 Å². The maximum Gasteiger partial charge on any atom is 0.138 e. The van der Waals surface area contributed by atoms with E-state index < -0.39 is 5.60 Å². The van der Waals surface area contributed by atoms with E-state index in [9.17, 15) is 5.11 Å². The van der Waals surface area contributed by atoms with E-state index in [1.54, 1.807) is 6.33 Å². The Morgan fingerprint density at radius 1 is 1.44 bits per heavy atom. The number of aliphatic hydroxyl groups is 1. The molecule has 0 bridgehead atoms. The molecule has 1 aliphatic rings. The Morgan fingerprint density at radius 3 is 2.67 bits per heavy atom. The maximum atomic E-state index is 10.7. The lowest BCUT2D eigenvalue weighted by Crippen LogP contribution is -2.38. The summed E-state index contributed by atoms with van der Waals surface area (Å²) < 4.78 is 1.88. The molecule has 1 heterocycles. The van der Waals surface area contributed by atoms with Crippen molar-refractivity contribution in [3.05, 3.63) is 12.2 Å². The van der Waals surface area contributed by atoms with Crippen LogP contribution in [0, 0.1) is 11.8 Å². The third-order valence-electron chi connectivity index (χ3n) is 4.39. The lowest BCUT2D eigenvalue weighted by Gasteiger charge is -2.37. The van der Waals surface area contributed by atoms with Crippen molar-refractivity contribution in [2.45, 2.75) is 65.0 Å². The van der Waals surface area contributed by atoms with E-state index in [0.29, 0.717) is 6.42 Å². The molecule has 2 rings (SSSR count). The van der Waals surface area contributed by atoms with Gasteiger partial charge in [-0.05, 0) is 44.4 Å². The summed E-state index contributed by atoms with van der Waals surface area (Å²) in [6.07, 6.45) is 6.29. The van der Waals surface area contributed by atoms with Crippen LogP contribution in [0.3, 0.4) is 0 Å². The third kappa shape index (κ3) is 2.91. The summed E-state index contributed by atoms with van der Waals surface area (Å²) in [5.41, 5.74) is -0.564. The van der Waals surface area contributed by atoms with Crippen LogP contribution in [-0.2, 0) is 13.0 Å². The van der Waals surface area contributed by atoms with Crippen molar-refractivity contribution in [3.8, 4) is 0 Å². The highest BCUT2D eigenvalue weighted by Gasteiger charge is 2.35. The molecule has 0 saturated heterocycles. The Hall–Kier alpha value is -0.900. The smallest absolute Gasteiger partial charge is 0.138 e. The summed E-state index contributed by atoms with van der Waals surface area (Å²) in [5.74, 6) is 2.42. The van der Waals surface area contributed by atoms with Gasteiger partial charge >= 0.3 is 0 Å². The van der Waals surface area contributed by atoms with Gasteiger partial charge in [-0.2, -0.15) is 5.10 Å². The molecule has 1 fully saturated rings. The Morgan fingerprint density at radius 2 is 2.11 bits per heavy atom. The van der Waals surface area contributed by atoms with Crippen LogP contribution in [0.4, 0.5) is 0 Å². The number of aromatic nitrogens is 3. The molecule has 0 aliphatic heterocycles. The van der Waals surface area contributed by atoms with Gasteiger partial charge in [-0.3, -0.25) is 4.68 Å². The highest BCUT2D eigenvalue weighted by molar-refractivity contribution is 4.97. The van der Waals surface area contributed by atoms with Crippen LogP contribution in [-0.4, -0.2) is 25.5 Å². The predicted octanol–water partition coefficient (Wildman–Crippen LogP) is 2.42. The normalized spacial score (nSPS) is 28.8. The fraction of sp³-hybridized carbons (Fsp3) is 0.857. The summed E-state index contributed by atoms with van der Waals surface area (Å²) in [4.78, 5) is 4.27. The largest absolute Gasteiger partial charge is 0.389 e. The maximum absolute atomic E-state index is 10.7. The summed E-state index contributed by atoms with van der Waals surface area (Å²) >= 11 is 0. The number of aryl methyl sites for hydroxylation is 1. The Balaban J connectivity index is 1.97. The predicted molar refractivity (Wildman–Crippen MR) is 71.1 cm³/mol. The summed E-state index contributed by atoms with van der Waals surface area (Å²) in [5, 5.41) is 14.9. The van der Waals surface area contributed by atoms with Gasteiger partial charge in [-0.1, -0.05) is 13.8 Å². The van der Waals surface area contributed by atoms with Crippen molar-refractivity contribution in [2.75, 3.05) is 0 Å². The number of rotatable bonds is 4. The number of hydrogen-bond acceptors (Lipinski definition) is 3. The van der Waals surface area contributed by atoms with E-state index in [-0.39, 0.29) is 0 Å². The minimum absolute atomic E-state index is 0.564. The van der Waals surface area contributed by atoms with Crippen LogP contribution in [0.15, 0.2) is 6.33 Å². The zero-order chi connectivity index (χ0) is 13.2. The molecule has 0 spiro atoms. The van der Waals surface area contributed by atoms with Gasteiger partial charge in [-0.15, -0.1) is 0 Å². The molecule has 1 aromatic rings. The number of hydrogen-bond donors (Lipinski definition) is 1. The molecule has 18 heavy (non-hydrogen) atoms. The standard InChI is InChI=1S/C14H25N3O/c1-4-17-13(15-10-16-17)9-14(18)7-5-12(6-8-14)11(2)3/h10-12,18H,4-9H2,1-3H3. The minimum atomic E-state index is -0.564. The van der Waals surface area contributed by atoms with Crippen molar-refractivity contribution >= 4 is 0 Å². The summed E-state index contributed by atoms with van der Waals surface area (Å²) in [6.45, 7) is 7.43. The van der Waals surface area contributed by atoms with E-state index in [2.05, 4.69) is 30.9 Å². The zero-order valence-electron chi connectivity index (χ0n) is 11.8. The van der Waals surface area contributed by atoms with Gasteiger partial charge in [-0.25, -0.2) is 4.98 Å². The molecule has 0 unspecified atom stereocenters. The molecular formula is C14H25N3O. The van der Waals surface area contributed by atoms with Crippen LogP contribution < -0.4 is 0 Å². The molecule has 0 aromatic carbocycles. The third-order valence-corrected chi connectivity index (χ3v) is 4.39. The van der Waals surface area contributed by atoms with E-state index in [4.69, 9.17) is 0 Å². The first-order valence-corrected chi connectivity index (χ1v) is 7.13. The van der Waals surface area contributed by atoms with Crippen molar-refractivity contribution in [1.29, 1.82) is 0 Å². The lowest BCUT2D eigenvalue weighted by molar-refractivity contribution is -0.0168. The molecule has 1 aliphatic carbocycles. The molecule has 1 saturated carbocycles. The zero-order valence-corrected chi connectivity index (χ0v) is 11.8. The topological polar surface area (TPSA) is 50.9 Å². The molecule has 0 atom stereocenters. The van der Waals surface area contributed by atoms with Gasteiger partial charge < -0.3 is 5.11 Å². The first-order valence-electron chi connectivity index (χ1n) is 7.13. The Labute approximate surface area is 109 Å². The van der Waals surface area contributed by atoms with Gasteiger partial charge in [0, 0.05) is 13.0 Å². The van der Waals surface area contributed by atoms with Gasteiger partial charge in [0.1, 0.15) is 12.2 Å². The molecule has 102 valence electrons. The van der Waals surface area contributed by atoms with Crippen molar-refractivity contribution in [3.63, 3.8) is 0 Å². The molecule has 1 N–H and O–H groups in total. The van der Waals surface area contributed by atoms with Crippen molar-refractivity contribution < 1.29 is 5.11 Å². The first-order chi connectivity index (χ1) is 8.54. The summed E-state index contributed by atoms with van der Waals surface area (Å²) in [7, 11) is 0. The fourth-order valence-electron chi connectivity index (χ4n) is 3.00. The van der Waals surface area contributed by atoms with Crippen molar-refractivity contribution in [2.24, 2.45) is 11.8 Å². The molecule has 4 heteroatoms. The van der Waals surface area contributed by atoms with Gasteiger partial charge in [0.25, 0.3) is 0 Å². The van der Waals surface area contributed by atoms with E-state index in [1.807, 2.05) is 4.68 Å². The molecular weight excluding hydrogens is 226 g/mol. The van der Waals surface area contributed by atoms with Gasteiger partial charge in [0.05, 0.1) is 5.60 Å². The van der Waals surface area contributed by atoms with Crippen LogP contribution in [0.2, 0.25) is 0 Å². The minimum Gasteiger partial charge on any atom is -0.389 e. The molecule has 0 amide bonds. The summed E-state index contributed by atoms with van der Waals surface area (Å²) in [6, 6.07) is 0. The lowest BCUT2D eigenvalue weighted by atomic mass is 9.73. The van der Waals surface area contributed by atoms with Gasteiger partial charge in [0.15, 0.2) is 0 Å².